The summed E-state index contributed by atoms with van der Waals surface area (Å²) in [6.45, 7) is 5.75. The molecule has 0 spiro atoms. The minimum Gasteiger partial charge on any atom is -0.496 e. The number of carbonyl (C=O) groups excluding carboxylic acids is 1. The standard InChI is InChI=1S/C27H23ClN2O5/c1-15-5-7-18(8-6-15)22-14-35-27-17(3)26(34-4)20(13-21(22)27)16(2)11-25(31)29-19-9-10-23(28)24(12-19)30(32)33/h5-14H,1-4H3,(H,29,31)/b16-11+. The highest BCUT2D eigenvalue weighted by molar-refractivity contribution is 6.32. The molecule has 0 saturated carbocycles. The van der Waals surface area contributed by atoms with E-state index in [0.717, 1.165) is 33.2 Å². The Labute approximate surface area is 207 Å². The number of hydrogen-bond acceptors (Lipinski definition) is 5. The molecule has 1 N–H and O–H groups in total. The van der Waals surface area contributed by atoms with E-state index in [1.165, 1.54) is 24.3 Å². The third kappa shape index (κ3) is 4.76. The van der Waals surface area contributed by atoms with Crippen LogP contribution in [0.5, 0.6) is 5.75 Å². The van der Waals surface area contributed by atoms with Crippen LogP contribution in [0.15, 0.2) is 65.3 Å². The van der Waals surface area contributed by atoms with Crippen molar-refractivity contribution in [2.45, 2.75) is 20.8 Å². The smallest absolute Gasteiger partial charge is 0.289 e. The number of carbonyl (C=O) groups is 1. The number of amides is 1. The molecule has 0 aliphatic rings. The third-order valence-electron chi connectivity index (χ3n) is 5.79. The Morgan fingerprint density at radius 1 is 1.14 bits per heavy atom. The van der Waals surface area contributed by atoms with Gasteiger partial charge in [-0.05, 0) is 50.1 Å². The van der Waals surface area contributed by atoms with Gasteiger partial charge in [0.25, 0.3) is 5.69 Å². The summed E-state index contributed by atoms with van der Waals surface area (Å²) >= 11 is 5.86. The van der Waals surface area contributed by atoms with Gasteiger partial charge in [0.2, 0.25) is 5.91 Å². The normalized spacial score (nSPS) is 11.5. The van der Waals surface area contributed by atoms with E-state index in [4.69, 9.17) is 20.8 Å². The number of allylic oxidation sites excluding steroid dienone is 1. The van der Waals surface area contributed by atoms with Crippen LogP contribution in [0.1, 0.15) is 23.6 Å². The number of halogens is 1. The van der Waals surface area contributed by atoms with Gasteiger partial charge >= 0.3 is 0 Å². The van der Waals surface area contributed by atoms with Gasteiger partial charge in [-0.1, -0.05) is 41.4 Å². The highest BCUT2D eigenvalue weighted by Crippen LogP contribution is 2.40. The number of nitro benzene ring substituents is 1. The van der Waals surface area contributed by atoms with Crippen molar-refractivity contribution in [2.24, 2.45) is 0 Å². The van der Waals surface area contributed by atoms with Crippen LogP contribution < -0.4 is 10.1 Å². The molecule has 0 bridgehead atoms. The van der Waals surface area contributed by atoms with Crippen LogP contribution in [0, 0.1) is 24.0 Å². The zero-order valence-corrected chi connectivity index (χ0v) is 20.4. The first-order valence-electron chi connectivity index (χ1n) is 10.8. The second kappa shape index (κ2) is 9.64. The van der Waals surface area contributed by atoms with Crippen molar-refractivity contribution < 1.29 is 18.9 Å². The fourth-order valence-electron chi connectivity index (χ4n) is 4.01. The highest BCUT2D eigenvalue weighted by atomic mass is 35.5. The molecule has 0 aliphatic heterocycles. The number of furan rings is 1. The molecule has 1 aromatic heterocycles. The number of benzene rings is 3. The van der Waals surface area contributed by atoms with Crippen molar-refractivity contribution in [3.63, 3.8) is 0 Å². The number of ether oxygens (including phenoxy) is 1. The average Bonchev–Trinajstić information content (AvgIpc) is 3.25. The van der Waals surface area contributed by atoms with E-state index in [1.54, 1.807) is 20.3 Å². The Hall–Kier alpha value is -4.10. The summed E-state index contributed by atoms with van der Waals surface area (Å²) in [5.41, 5.74) is 6.05. The predicted molar refractivity (Wildman–Crippen MR) is 138 cm³/mol. The second-order valence-corrected chi connectivity index (χ2v) is 8.62. The maximum atomic E-state index is 12.7. The predicted octanol–water partition coefficient (Wildman–Crippen LogP) is 7.33. The quantitative estimate of drug-likeness (QED) is 0.173. The van der Waals surface area contributed by atoms with Crippen molar-refractivity contribution in [3.8, 4) is 16.9 Å². The van der Waals surface area contributed by atoms with E-state index in [-0.39, 0.29) is 16.4 Å². The molecule has 7 nitrogen and oxygen atoms in total. The molecule has 8 heteroatoms. The number of methoxy groups -OCH3 is 1. The van der Waals surface area contributed by atoms with Crippen molar-refractivity contribution in [1.82, 2.24) is 0 Å². The fraction of sp³-hybridized carbons (Fsp3) is 0.148. The van der Waals surface area contributed by atoms with E-state index in [1.807, 2.05) is 44.2 Å². The van der Waals surface area contributed by atoms with Crippen LogP contribution in [0.4, 0.5) is 11.4 Å². The molecule has 0 fully saturated rings. The molecule has 3 aromatic carbocycles. The first-order chi connectivity index (χ1) is 16.7. The fourth-order valence-corrected chi connectivity index (χ4v) is 4.20. The largest absolute Gasteiger partial charge is 0.496 e. The molecule has 1 amide bonds. The Kier molecular flexibility index (Phi) is 6.62. The SMILES string of the molecule is COc1c(/C(C)=C/C(=O)Nc2ccc(Cl)c([N+](=O)[O-])c2)cc2c(-c3ccc(C)cc3)coc2c1C. The number of nitrogens with zero attached hydrogens (tertiary/aromatic N) is 1. The molecule has 0 aliphatic carbocycles. The number of anilines is 1. The Bertz CT molecular complexity index is 1490. The van der Waals surface area contributed by atoms with Crippen LogP contribution in [0.25, 0.3) is 27.7 Å². The summed E-state index contributed by atoms with van der Waals surface area (Å²) in [6.07, 6.45) is 3.15. The van der Waals surface area contributed by atoms with Gasteiger partial charge in [-0.2, -0.15) is 0 Å². The number of fused-ring (bicyclic) bond motifs is 1. The van der Waals surface area contributed by atoms with E-state index in [9.17, 15) is 14.9 Å². The zero-order chi connectivity index (χ0) is 25.3. The number of aryl methyl sites for hydroxylation is 2. The molecular weight excluding hydrogens is 468 g/mol. The monoisotopic (exact) mass is 490 g/mol. The van der Waals surface area contributed by atoms with Crippen molar-refractivity contribution in [1.29, 1.82) is 0 Å². The van der Waals surface area contributed by atoms with Gasteiger partial charge in [0.15, 0.2) is 0 Å². The lowest BCUT2D eigenvalue weighted by atomic mass is 9.96. The number of nitro groups is 1. The maximum absolute atomic E-state index is 12.7. The van der Waals surface area contributed by atoms with Crippen LogP contribution in [-0.4, -0.2) is 17.9 Å². The third-order valence-corrected chi connectivity index (χ3v) is 6.11. The summed E-state index contributed by atoms with van der Waals surface area (Å²) in [7, 11) is 1.57. The molecule has 0 atom stereocenters. The van der Waals surface area contributed by atoms with Crippen molar-refractivity contribution in [2.75, 3.05) is 12.4 Å². The van der Waals surface area contributed by atoms with Crippen LogP contribution in [0.2, 0.25) is 5.02 Å². The average molecular weight is 491 g/mol. The summed E-state index contributed by atoms with van der Waals surface area (Å²) in [5.74, 6) is 0.163. The highest BCUT2D eigenvalue weighted by Gasteiger charge is 2.19. The van der Waals surface area contributed by atoms with Gasteiger partial charge in [-0.15, -0.1) is 0 Å². The molecule has 1 heterocycles. The van der Waals surface area contributed by atoms with Gasteiger partial charge in [-0.25, -0.2) is 0 Å². The minimum absolute atomic E-state index is 0.00210. The Morgan fingerprint density at radius 3 is 2.51 bits per heavy atom. The van der Waals surface area contributed by atoms with Gasteiger partial charge in [-0.3, -0.25) is 14.9 Å². The van der Waals surface area contributed by atoms with E-state index < -0.39 is 10.8 Å². The van der Waals surface area contributed by atoms with E-state index >= 15 is 0 Å². The number of hydrogen-bond donors (Lipinski definition) is 1. The Morgan fingerprint density at radius 2 is 1.86 bits per heavy atom. The molecular formula is C27H23ClN2O5. The van der Waals surface area contributed by atoms with Gasteiger partial charge in [0.1, 0.15) is 16.4 Å². The summed E-state index contributed by atoms with van der Waals surface area (Å²) in [4.78, 5) is 23.3. The van der Waals surface area contributed by atoms with E-state index in [0.29, 0.717) is 16.9 Å². The van der Waals surface area contributed by atoms with Crippen molar-refractivity contribution >= 4 is 45.4 Å². The topological polar surface area (TPSA) is 94.6 Å². The summed E-state index contributed by atoms with van der Waals surface area (Å²) in [6, 6.07) is 14.2. The molecule has 178 valence electrons. The molecule has 0 radical (unpaired) electrons. The first kappa shape index (κ1) is 24.0. The second-order valence-electron chi connectivity index (χ2n) is 8.21. The van der Waals surface area contributed by atoms with Gasteiger partial charge in [0, 0.05) is 39.9 Å². The summed E-state index contributed by atoms with van der Waals surface area (Å²) < 4.78 is 11.6. The van der Waals surface area contributed by atoms with Gasteiger partial charge < -0.3 is 14.5 Å². The number of rotatable bonds is 6. The minimum atomic E-state index is -0.599. The molecule has 0 saturated heterocycles. The van der Waals surface area contributed by atoms with Crippen LogP contribution in [-0.2, 0) is 4.79 Å². The van der Waals surface area contributed by atoms with Crippen LogP contribution >= 0.6 is 11.6 Å². The lowest BCUT2D eigenvalue weighted by Crippen LogP contribution is -2.09. The van der Waals surface area contributed by atoms with Crippen LogP contribution in [0.3, 0.4) is 0 Å². The first-order valence-corrected chi connectivity index (χ1v) is 11.2. The maximum Gasteiger partial charge on any atom is 0.289 e. The Balaban J connectivity index is 1.73. The lowest BCUT2D eigenvalue weighted by molar-refractivity contribution is -0.384. The molecule has 35 heavy (non-hydrogen) atoms. The van der Waals surface area contributed by atoms with Crippen molar-refractivity contribution in [3.05, 3.63) is 92.7 Å². The van der Waals surface area contributed by atoms with Gasteiger partial charge in [0.05, 0.1) is 18.3 Å². The number of nitrogens with one attached hydrogen (secondary N) is 1. The zero-order valence-electron chi connectivity index (χ0n) is 19.6. The lowest BCUT2D eigenvalue weighted by Gasteiger charge is -2.13. The molecule has 4 aromatic rings. The van der Waals surface area contributed by atoms with E-state index in [2.05, 4.69) is 5.32 Å². The summed E-state index contributed by atoms with van der Waals surface area (Å²) in [5, 5.41) is 14.7. The molecule has 0 unspecified atom stereocenters. The molecule has 4 rings (SSSR count).